The van der Waals surface area contributed by atoms with E-state index < -0.39 is 0 Å². The van der Waals surface area contributed by atoms with Crippen molar-refractivity contribution in [3.05, 3.63) is 40.5 Å². The number of nitrogens with zero attached hydrogens (tertiary/aromatic N) is 4. The fourth-order valence-electron chi connectivity index (χ4n) is 3.08. The van der Waals surface area contributed by atoms with Gasteiger partial charge in [0.2, 0.25) is 0 Å². The van der Waals surface area contributed by atoms with E-state index in [9.17, 15) is 4.79 Å². The summed E-state index contributed by atoms with van der Waals surface area (Å²) in [5, 5.41) is 11.3. The molecule has 0 N–H and O–H groups in total. The first-order valence-electron chi connectivity index (χ1n) is 9.14. The van der Waals surface area contributed by atoms with Crippen LogP contribution in [0, 0.1) is 19.8 Å². The summed E-state index contributed by atoms with van der Waals surface area (Å²) < 4.78 is 4.21. The highest BCUT2D eigenvalue weighted by molar-refractivity contribution is 7.99. The molecule has 0 radical (unpaired) electrons. The Labute approximate surface area is 168 Å². The number of aryl methyl sites for hydroxylation is 1. The summed E-state index contributed by atoms with van der Waals surface area (Å²) in [5.74, 6) is 2.00. The third-order valence-corrected chi connectivity index (χ3v) is 6.60. The van der Waals surface area contributed by atoms with Crippen LogP contribution in [0.25, 0.3) is 10.7 Å². The lowest BCUT2D eigenvalue weighted by atomic mass is 10.1. The SMILES string of the molecule is Cc1cc(C(=O)CSc2nnc(-c3cccs3)n2C)c(C)n1CCC(C)C. The highest BCUT2D eigenvalue weighted by atomic mass is 32.2. The first-order chi connectivity index (χ1) is 12.9. The van der Waals surface area contributed by atoms with Crippen LogP contribution >= 0.6 is 23.1 Å². The maximum absolute atomic E-state index is 12.8. The van der Waals surface area contributed by atoms with Gasteiger partial charge in [0.25, 0.3) is 0 Å². The monoisotopic (exact) mass is 402 g/mol. The van der Waals surface area contributed by atoms with Crippen molar-refractivity contribution in [1.82, 2.24) is 19.3 Å². The topological polar surface area (TPSA) is 52.7 Å². The number of ketones is 1. The largest absolute Gasteiger partial charge is 0.348 e. The zero-order valence-corrected chi connectivity index (χ0v) is 18.2. The van der Waals surface area contributed by atoms with E-state index in [1.165, 1.54) is 11.8 Å². The predicted molar refractivity (Wildman–Crippen MR) is 113 cm³/mol. The first kappa shape index (κ1) is 19.9. The minimum atomic E-state index is 0.143. The lowest BCUT2D eigenvalue weighted by Gasteiger charge is -2.11. The Morgan fingerprint density at radius 3 is 2.74 bits per heavy atom. The summed E-state index contributed by atoms with van der Waals surface area (Å²) in [5.41, 5.74) is 3.04. The Hall–Kier alpha value is -1.86. The maximum Gasteiger partial charge on any atom is 0.191 e. The fraction of sp³-hybridized carbons (Fsp3) is 0.450. The molecule has 0 saturated carbocycles. The smallest absolute Gasteiger partial charge is 0.191 e. The van der Waals surface area contributed by atoms with E-state index in [0.29, 0.717) is 11.7 Å². The second-order valence-electron chi connectivity index (χ2n) is 7.17. The van der Waals surface area contributed by atoms with Gasteiger partial charge in [0, 0.05) is 30.5 Å². The summed E-state index contributed by atoms with van der Waals surface area (Å²) in [6.07, 6.45) is 1.11. The summed E-state index contributed by atoms with van der Waals surface area (Å²) in [4.78, 5) is 13.9. The quantitative estimate of drug-likeness (QED) is 0.394. The van der Waals surface area contributed by atoms with Gasteiger partial charge >= 0.3 is 0 Å². The van der Waals surface area contributed by atoms with Gasteiger partial charge in [0.05, 0.1) is 10.6 Å². The molecular formula is C20H26N4OS2. The molecule has 0 aliphatic heterocycles. The summed E-state index contributed by atoms with van der Waals surface area (Å²) >= 11 is 3.08. The molecule has 3 aromatic heterocycles. The molecule has 5 nitrogen and oxygen atoms in total. The van der Waals surface area contributed by atoms with Gasteiger partial charge in [-0.2, -0.15) is 0 Å². The molecule has 3 aromatic rings. The number of aromatic nitrogens is 4. The van der Waals surface area contributed by atoms with E-state index in [-0.39, 0.29) is 5.78 Å². The molecule has 0 aliphatic carbocycles. The number of hydrogen-bond donors (Lipinski definition) is 0. The Kier molecular flexibility index (Phi) is 6.22. The van der Waals surface area contributed by atoms with Crippen LogP contribution in [0.5, 0.6) is 0 Å². The van der Waals surface area contributed by atoms with E-state index in [1.54, 1.807) is 11.3 Å². The minimum absolute atomic E-state index is 0.143. The molecule has 0 amide bonds. The number of carbonyl (C=O) groups excluding carboxylic acids is 1. The molecule has 0 fully saturated rings. The van der Waals surface area contributed by atoms with Crippen molar-refractivity contribution in [1.29, 1.82) is 0 Å². The number of carbonyl (C=O) groups is 1. The molecule has 0 saturated heterocycles. The molecule has 0 bridgehead atoms. The summed E-state index contributed by atoms with van der Waals surface area (Å²) in [6.45, 7) is 9.53. The van der Waals surface area contributed by atoms with Crippen LogP contribution in [0.4, 0.5) is 0 Å². The number of rotatable bonds is 8. The molecule has 0 aliphatic rings. The van der Waals surface area contributed by atoms with E-state index >= 15 is 0 Å². The Balaban J connectivity index is 1.69. The molecule has 3 heterocycles. The van der Waals surface area contributed by atoms with Gasteiger partial charge in [0.15, 0.2) is 16.8 Å². The van der Waals surface area contributed by atoms with Crippen molar-refractivity contribution in [3.8, 4) is 10.7 Å². The highest BCUT2D eigenvalue weighted by Gasteiger charge is 2.18. The fourth-order valence-corrected chi connectivity index (χ4v) is 4.62. The van der Waals surface area contributed by atoms with Gasteiger partial charge in [-0.1, -0.05) is 31.7 Å². The van der Waals surface area contributed by atoms with E-state index in [4.69, 9.17) is 0 Å². The van der Waals surface area contributed by atoms with Crippen LogP contribution in [0.1, 0.15) is 42.0 Å². The average Bonchev–Trinajstić information content (AvgIpc) is 3.32. The van der Waals surface area contributed by atoms with Crippen LogP contribution in [0.15, 0.2) is 28.7 Å². The molecule has 27 heavy (non-hydrogen) atoms. The van der Waals surface area contributed by atoms with Crippen LogP contribution in [-0.2, 0) is 13.6 Å². The Morgan fingerprint density at radius 1 is 1.30 bits per heavy atom. The second-order valence-corrected chi connectivity index (χ2v) is 9.06. The van der Waals surface area contributed by atoms with Crippen LogP contribution in [-0.4, -0.2) is 30.9 Å². The summed E-state index contributed by atoms with van der Waals surface area (Å²) in [6, 6.07) is 6.05. The molecule has 7 heteroatoms. The molecule has 0 spiro atoms. The average molecular weight is 403 g/mol. The molecule has 0 unspecified atom stereocenters. The van der Waals surface area contributed by atoms with Crippen molar-refractivity contribution in [2.45, 2.75) is 45.8 Å². The van der Waals surface area contributed by atoms with Gasteiger partial charge in [-0.3, -0.25) is 4.79 Å². The molecular weight excluding hydrogens is 376 g/mol. The van der Waals surface area contributed by atoms with Crippen molar-refractivity contribution < 1.29 is 4.79 Å². The predicted octanol–water partition coefficient (Wildman–Crippen LogP) is 4.98. The molecule has 0 atom stereocenters. The molecule has 3 rings (SSSR count). The van der Waals surface area contributed by atoms with Crippen molar-refractivity contribution in [2.75, 3.05) is 5.75 Å². The van der Waals surface area contributed by atoms with Gasteiger partial charge in [-0.25, -0.2) is 0 Å². The van der Waals surface area contributed by atoms with Gasteiger partial charge in [0.1, 0.15) is 0 Å². The number of Topliss-reactive ketones (excluding diaryl/α,β-unsaturated/α-hetero) is 1. The van der Waals surface area contributed by atoms with Crippen LogP contribution < -0.4 is 0 Å². The van der Waals surface area contributed by atoms with E-state index in [2.05, 4.69) is 35.5 Å². The second kappa shape index (κ2) is 8.44. The van der Waals surface area contributed by atoms with Crippen LogP contribution in [0.2, 0.25) is 0 Å². The standard InChI is InChI=1S/C20H26N4OS2/c1-13(2)8-9-24-14(3)11-16(15(24)4)17(25)12-27-20-22-21-19(23(20)5)18-7-6-10-26-18/h6-7,10-11,13H,8-9,12H2,1-5H3. The Morgan fingerprint density at radius 2 is 2.07 bits per heavy atom. The van der Waals surface area contributed by atoms with Crippen molar-refractivity contribution >= 4 is 28.9 Å². The van der Waals surface area contributed by atoms with Gasteiger partial charge in [-0.05, 0) is 43.7 Å². The lowest BCUT2D eigenvalue weighted by molar-refractivity contribution is 0.102. The lowest BCUT2D eigenvalue weighted by Crippen LogP contribution is -2.08. The normalized spacial score (nSPS) is 11.5. The third-order valence-electron chi connectivity index (χ3n) is 4.71. The first-order valence-corrected chi connectivity index (χ1v) is 11.0. The zero-order chi connectivity index (χ0) is 19.6. The molecule has 144 valence electrons. The molecule has 0 aromatic carbocycles. The summed E-state index contributed by atoms with van der Waals surface area (Å²) in [7, 11) is 1.94. The zero-order valence-electron chi connectivity index (χ0n) is 16.5. The van der Waals surface area contributed by atoms with Gasteiger partial charge in [-0.15, -0.1) is 21.5 Å². The number of hydrogen-bond acceptors (Lipinski definition) is 5. The highest BCUT2D eigenvalue weighted by Crippen LogP contribution is 2.27. The van der Waals surface area contributed by atoms with E-state index in [1.807, 2.05) is 42.1 Å². The third kappa shape index (κ3) is 4.35. The number of thiophene rings is 1. The maximum atomic E-state index is 12.8. The Bertz CT molecular complexity index is 922. The van der Waals surface area contributed by atoms with Crippen molar-refractivity contribution in [2.24, 2.45) is 13.0 Å². The minimum Gasteiger partial charge on any atom is -0.348 e. The van der Waals surface area contributed by atoms with Crippen molar-refractivity contribution in [3.63, 3.8) is 0 Å². The van der Waals surface area contributed by atoms with Gasteiger partial charge < -0.3 is 9.13 Å². The van der Waals surface area contributed by atoms with Crippen LogP contribution in [0.3, 0.4) is 0 Å². The number of thioether (sulfide) groups is 1. The van der Waals surface area contributed by atoms with E-state index in [0.717, 1.165) is 45.8 Å².